The highest BCUT2D eigenvalue weighted by atomic mass is 35.5. The second-order valence-corrected chi connectivity index (χ2v) is 4.25. The van der Waals surface area contributed by atoms with Gasteiger partial charge in [-0.1, -0.05) is 41.9 Å². The molecule has 80 valence electrons. The molecular weight excluding hydrogens is 220 g/mol. The summed E-state index contributed by atoms with van der Waals surface area (Å²) in [5.74, 6) is 0.904. The minimum atomic E-state index is 0.735. The Morgan fingerprint density at radius 3 is 2.81 bits per heavy atom. The standard InChI is InChI=1S/C13H11ClN2/c14-12-8-11(10-4-2-1-3-5-10)9-16-7-6-15-13(12)16/h1-5,8-9H,6-7H2. The molecule has 16 heavy (non-hydrogen) atoms. The lowest BCUT2D eigenvalue weighted by Crippen LogP contribution is -2.24. The predicted molar refractivity (Wildman–Crippen MR) is 67.4 cm³/mol. The quantitative estimate of drug-likeness (QED) is 0.725. The summed E-state index contributed by atoms with van der Waals surface area (Å²) in [5, 5.41) is 0.735. The Morgan fingerprint density at radius 2 is 2.00 bits per heavy atom. The van der Waals surface area contributed by atoms with Crippen LogP contribution in [0.25, 0.3) is 5.57 Å². The minimum absolute atomic E-state index is 0.735. The molecule has 0 unspecified atom stereocenters. The second-order valence-electron chi connectivity index (χ2n) is 3.84. The molecule has 2 nitrogen and oxygen atoms in total. The number of amidine groups is 1. The van der Waals surface area contributed by atoms with Crippen LogP contribution >= 0.6 is 11.6 Å². The van der Waals surface area contributed by atoms with Gasteiger partial charge in [0.25, 0.3) is 0 Å². The molecule has 0 spiro atoms. The molecule has 0 aromatic heterocycles. The molecule has 0 fully saturated rings. The molecule has 2 aliphatic heterocycles. The van der Waals surface area contributed by atoms with Crippen molar-refractivity contribution in [1.82, 2.24) is 4.90 Å². The van der Waals surface area contributed by atoms with Crippen molar-refractivity contribution in [2.45, 2.75) is 0 Å². The van der Waals surface area contributed by atoms with E-state index < -0.39 is 0 Å². The van der Waals surface area contributed by atoms with Gasteiger partial charge in [-0.25, -0.2) is 0 Å². The lowest BCUT2D eigenvalue weighted by atomic mass is 10.0. The summed E-state index contributed by atoms with van der Waals surface area (Å²) in [7, 11) is 0. The number of hydrogen-bond donors (Lipinski definition) is 0. The van der Waals surface area contributed by atoms with Crippen LogP contribution in [0, 0.1) is 0 Å². The Balaban J connectivity index is 2.02. The molecule has 0 amide bonds. The van der Waals surface area contributed by atoms with Gasteiger partial charge in [-0.15, -0.1) is 0 Å². The summed E-state index contributed by atoms with van der Waals surface area (Å²) in [6.45, 7) is 1.76. The van der Waals surface area contributed by atoms with E-state index in [1.54, 1.807) is 0 Å². The molecule has 0 saturated carbocycles. The van der Waals surface area contributed by atoms with E-state index in [1.807, 2.05) is 24.3 Å². The molecule has 3 heteroatoms. The smallest absolute Gasteiger partial charge is 0.146 e. The van der Waals surface area contributed by atoms with Crippen molar-refractivity contribution in [3.8, 4) is 0 Å². The number of halogens is 1. The fourth-order valence-corrected chi connectivity index (χ4v) is 2.28. The first-order valence-electron chi connectivity index (χ1n) is 5.30. The zero-order chi connectivity index (χ0) is 11.0. The number of benzene rings is 1. The van der Waals surface area contributed by atoms with Crippen molar-refractivity contribution >= 4 is 23.0 Å². The van der Waals surface area contributed by atoms with E-state index in [-0.39, 0.29) is 0 Å². The van der Waals surface area contributed by atoms with Crippen LogP contribution in [0.3, 0.4) is 0 Å². The average Bonchev–Trinajstić information content (AvgIpc) is 2.79. The van der Waals surface area contributed by atoms with E-state index >= 15 is 0 Å². The maximum Gasteiger partial charge on any atom is 0.146 e. The largest absolute Gasteiger partial charge is 0.330 e. The van der Waals surface area contributed by atoms with Crippen LogP contribution in [0.15, 0.2) is 52.6 Å². The molecule has 0 bridgehead atoms. The van der Waals surface area contributed by atoms with Gasteiger partial charge in [-0.3, -0.25) is 4.99 Å². The first-order chi connectivity index (χ1) is 7.84. The lowest BCUT2D eigenvalue weighted by Gasteiger charge is -2.21. The van der Waals surface area contributed by atoms with E-state index in [0.717, 1.165) is 29.5 Å². The highest BCUT2D eigenvalue weighted by Gasteiger charge is 2.22. The van der Waals surface area contributed by atoms with E-state index in [2.05, 4.69) is 28.2 Å². The normalized spacial score (nSPS) is 18.8. The van der Waals surface area contributed by atoms with Gasteiger partial charge in [-0.2, -0.15) is 0 Å². The molecule has 0 aliphatic carbocycles. The highest BCUT2D eigenvalue weighted by Crippen LogP contribution is 2.27. The van der Waals surface area contributed by atoms with E-state index in [0.29, 0.717) is 0 Å². The maximum absolute atomic E-state index is 6.21. The van der Waals surface area contributed by atoms with Crippen LogP contribution in [0.2, 0.25) is 0 Å². The Morgan fingerprint density at radius 1 is 1.19 bits per heavy atom. The third-order valence-electron chi connectivity index (χ3n) is 2.77. The minimum Gasteiger partial charge on any atom is -0.330 e. The summed E-state index contributed by atoms with van der Waals surface area (Å²) in [6.07, 6.45) is 4.10. The van der Waals surface area contributed by atoms with Crippen LogP contribution in [-0.2, 0) is 0 Å². The van der Waals surface area contributed by atoms with Gasteiger partial charge in [0.15, 0.2) is 0 Å². The summed E-state index contributed by atoms with van der Waals surface area (Å²) in [4.78, 5) is 6.48. The molecular formula is C13H11ClN2. The lowest BCUT2D eigenvalue weighted by molar-refractivity contribution is 0.612. The van der Waals surface area contributed by atoms with Crippen molar-refractivity contribution in [2.24, 2.45) is 4.99 Å². The molecule has 0 atom stereocenters. The van der Waals surface area contributed by atoms with Crippen molar-refractivity contribution < 1.29 is 0 Å². The van der Waals surface area contributed by atoms with Gasteiger partial charge in [-0.05, 0) is 17.2 Å². The first-order valence-corrected chi connectivity index (χ1v) is 5.68. The Bertz CT molecular complexity index is 500. The predicted octanol–water partition coefficient (Wildman–Crippen LogP) is 2.88. The van der Waals surface area contributed by atoms with Crippen LogP contribution in [-0.4, -0.2) is 23.8 Å². The topological polar surface area (TPSA) is 15.6 Å². The molecule has 2 aliphatic rings. The number of fused-ring (bicyclic) bond motifs is 1. The number of allylic oxidation sites excluding steroid dienone is 2. The molecule has 1 aromatic rings. The summed E-state index contributed by atoms with van der Waals surface area (Å²) in [6, 6.07) is 10.3. The van der Waals surface area contributed by atoms with Crippen LogP contribution < -0.4 is 0 Å². The average molecular weight is 231 g/mol. The number of rotatable bonds is 1. The third kappa shape index (κ3) is 1.55. The first kappa shape index (κ1) is 9.67. The van der Waals surface area contributed by atoms with Crippen molar-refractivity contribution in [2.75, 3.05) is 13.1 Å². The Kier molecular flexibility index (Phi) is 2.29. The Labute approximate surface area is 99.6 Å². The van der Waals surface area contributed by atoms with E-state index in [9.17, 15) is 0 Å². The van der Waals surface area contributed by atoms with Crippen molar-refractivity contribution in [3.63, 3.8) is 0 Å². The Hall–Kier alpha value is -1.54. The fourth-order valence-electron chi connectivity index (χ4n) is 1.99. The van der Waals surface area contributed by atoms with Crippen molar-refractivity contribution in [3.05, 3.63) is 53.2 Å². The number of hydrogen-bond acceptors (Lipinski definition) is 2. The van der Waals surface area contributed by atoms with Gasteiger partial charge in [0.1, 0.15) is 5.84 Å². The second kappa shape index (κ2) is 3.80. The summed E-state index contributed by atoms with van der Waals surface area (Å²) >= 11 is 6.21. The van der Waals surface area contributed by atoms with E-state index in [4.69, 9.17) is 11.6 Å². The number of nitrogens with zero attached hydrogens (tertiary/aromatic N) is 2. The van der Waals surface area contributed by atoms with Crippen LogP contribution in [0.5, 0.6) is 0 Å². The SMILES string of the molecule is ClC1=CC(c2ccccc2)=CN2CCN=C12. The molecule has 0 N–H and O–H groups in total. The zero-order valence-electron chi connectivity index (χ0n) is 8.73. The monoisotopic (exact) mass is 230 g/mol. The molecule has 0 radical (unpaired) electrons. The van der Waals surface area contributed by atoms with Gasteiger partial charge in [0, 0.05) is 12.7 Å². The zero-order valence-corrected chi connectivity index (χ0v) is 9.48. The molecule has 2 heterocycles. The molecule has 1 aromatic carbocycles. The van der Waals surface area contributed by atoms with Gasteiger partial charge in [0.05, 0.1) is 11.6 Å². The summed E-state index contributed by atoms with van der Waals surface area (Å²) in [5.41, 5.74) is 2.33. The van der Waals surface area contributed by atoms with Gasteiger partial charge in [0.2, 0.25) is 0 Å². The third-order valence-corrected chi connectivity index (χ3v) is 3.05. The molecule has 3 rings (SSSR count). The molecule has 0 saturated heterocycles. The van der Waals surface area contributed by atoms with Crippen LogP contribution in [0.4, 0.5) is 0 Å². The van der Waals surface area contributed by atoms with Crippen LogP contribution in [0.1, 0.15) is 5.56 Å². The fraction of sp³-hybridized carbons (Fsp3) is 0.154. The number of aliphatic imine (C=N–C) groups is 1. The maximum atomic E-state index is 6.21. The van der Waals surface area contributed by atoms with Gasteiger partial charge < -0.3 is 4.90 Å². The van der Waals surface area contributed by atoms with Crippen molar-refractivity contribution in [1.29, 1.82) is 0 Å². The highest BCUT2D eigenvalue weighted by molar-refractivity contribution is 6.44. The van der Waals surface area contributed by atoms with Gasteiger partial charge >= 0.3 is 0 Å². The van der Waals surface area contributed by atoms with E-state index in [1.165, 1.54) is 5.56 Å². The summed E-state index contributed by atoms with van der Waals surface area (Å²) < 4.78 is 0.